The maximum Gasteiger partial charge on any atom is 0.304 e. The lowest BCUT2D eigenvalue weighted by Gasteiger charge is -2.27. The summed E-state index contributed by atoms with van der Waals surface area (Å²) < 4.78 is 30.7. The number of nitrogens with zero attached hydrogens (tertiary/aromatic N) is 1. The van der Waals surface area contributed by atoms with Gasteiger partial charge in [0.25, 0.3) is 5.91 Å². The third-order valence-corrected chi connectivity index (χ3v) is 10.00. The summed E-state index contributed by atoms with van der Waals surface area (Å²) in [6.45, 7) is 6.57. The van der Waals surface area contributed by atoms with Gasteiger partial charge in [0.15, 0.2) is 9.84 Å². The minimum Gasteiger partial charge on any atom is -0.489 e. The minimum absolute atomic E-state index is 0.00390. The number of carbonyl (C=O) groups is 2. The number of fused-ring (bicyclic) bond motifs is 1. The highest BCUT2D eigenvalue weighted by Gasteiger charge is 2.26. The molecular weight excluding hydrogens is 558 g/mol. The number of hydrogen-bond acceptors (Lipinski definition) is 6. The van der Waals surface area contributed by atoms with Crippen molar-refractivity contribution >= 4 is 43.1 Å². The predicted octanol–water partition coefficient (Wildman–Crippen LogP) is 6.07. The van der Waals surface area contributed by atoms with Crippen LogP contribution in [-0.4, -0.2) is 54.9 Å². The Kier molecular flexibility index (Phi) is 8.28. The van der Waals surface area contributed by atoms with Gasteiger partial charge in [-0.15, -0.1) is 17.9 Å². The number of sulfone groups is 1. The molecule has 1 aliphatic heterocycles. The fraction of sp³-hybridized carbons (Fsp3) is 0.250. The van der Waals surface area contributed by atoms with Gasteiger partial charge < -0.3 is 14.7 Å². The van der Waals surface area contributed by atoms with Crippen LogP contribution in [0.25, 0.3) is 21.2 Å². The van der Waals surface area contributed by atoms with E-state index < -0.39 is 15.8 Å². The SMILES string of the molecule is C=CC(CC(=O)O)c1ccc(OCc2ccc3scc(-c4ccc(C(=O)N5CCS(=O)(=O)CC5)cc4C)c3c2)cc1. The number of hydrogen-bond donors (Lipinski definition) is 1. The summed E-state index contributed by atoms with van der Waals surface area (Å²) in [5.41, 5.74) is 5.56. The number of aryl methyl sites for hydroxylation is 1. The molecule has 1 aliphatic rings. The molecular formula is C32H31NO6S2. The van der Waals surface area contributed by atoms with Crippen LogP contribution in [0.3, 0.4) is 0 Å². The number of rotatable bonds is 9. The highest BCUT2D eigenvalue weighted by atomic mass is 32.2. The zero-order chi connectivity index (χ0) is 29.1. The number of amides is 1. The molecule has 1 N–H and O–H groups in total. The van der Waals surface area contributed by atoms with E-state index in [0.717, 1.165) is 37.9 Å². The second-order valence-corrected chi connectivity index (χ2v) is 13.5. The van der Waals surface area contributed by atoms with E-state index in [0.29, 0.717) is 17.9 Å². The molecule has 0 saturated carbocycles. The van der Waals surface area contributed by atoms with Crippen LogP contribution in [0.15, 0.2) is 78.7 Å². The zero-order valence-corrected chi connectivity index (χ0v) is 24.3. The highest BCUT2D eigenvalue weighted by molar-refractivity contribution is 7.91. The Morgan fingerprint density at radius 1 is 1.05 bits per heavy atom. The lowest BCUT2D eigenvalue weighted by Crippen LogP contribution is -2.43. The average Bonchev–Trinajstić information content (AvgIpc) is 3.37. The standard InChI is InChI=1S/C32H31NO6S2/c1-3-23(18-31(34)35)24-5-8-26(9-6-24)39-19-22-4-11-30-28(17-22)29(20-40-30)27-10-7-25(16-21(27)2)32(36)33-12-14-41(37,38)15-13-33/h3-11,16-17,20,23H,1,12-15,18-19H2,2H3,(H,34,35). The molecule has 1 saturated heterocycles. The van der Waals surface area contributed by atoms with Crippen LogP contribution in [0.1, 0.15) is 39.4 Å². The van der Waals surface area contributed by atoms with Crippen molar-refractivity contribution in [1.29, 1.82) is 0 Å². The Labute approximate surface area is 243 Å². The Bertz CT molecular complexity index is 1710. The molecule has 0 aliphatic carbocycles. The van der Waals surface area contributed by atoms with Crippen LogP contribution < -0.4 is 4.74 Å². The average molecular weight is 590 g/mol. The molecule has 1 atom stereocenters. The van der Waals surface area contributed by atoms with Gasteiger partial charge in [0.1, 0.15) is 12.4 Å². The van der Waals surface area contributed by atoms with Gasteiger partial charge in [0, 0.05) is 40.2 Å². The summed E-state index contributed by atoms with van der Waals surface area (Å²) in [6.07, 6.45) is 1.64. The Hall–Kier alpha value is -3.95. The third-order valence-electron chi connectivity index (χ3n) is 7.43. The fourth-order valence-electron chi connectivity index (χ4n) is 5.07. The summed E-state index contributed by atoms with van der Waals surface area (Å²) in [4.78, 5) is 25.7. The van der Waals surface area contributed by atoms with Crippen molar-refractivity contribution in [2.24, 2.45) is 0 Å². The monoisotopic (exact) mass is 589 g/mol. The quantitative estimate of drug-likeness (QED) is 0.238. The van der Waals surface area contributed by atoms with Crippen molar-refractivity contribution in [1.82, 2.24) is 4.90 Å². The molecule has 1 aromatic heterocycles. The van der Waals surface area contributed by atoms with E-state index in [1.807, 2.05) is 55.5 Å². The topological polar surface area (TPSA) is 101 Å². The number of aliphatic carboxylic acids is 1. The van der Waals surface area contributed by atoms with Crippen LogP contribution >= 0.6 is 11.3 Å². The Morgan fingerprint density at radius 2 is 1.78 bits per heavy atom. The van der Waals surface area contributed by atoms with Gasteiger partial charge in [-0.1, -0.05) is 30.3 Å². The van der Waals surface area contributed by atoms with Gasteiger partial charge in [0.2, 0.25) is 0 Å². The molecule has 2 heterocycles. The first-order valence-electron chi connectivity index (χ1n) is 13.3. The molecule has 7 nitrogen and oxygen atoms in total. The van der Waals surface area contributed by atoms with E-state index in [9.17, 15) is 18.0 Å². The highest BCUT2D eigenvalue weighted by Crippen LogP contribution is 2.37. The number of carbonyl (C=O) groups excluding carboxylic acids is 1. The van der Waals surface area contributed by atoms with Crippen molar-refractivity contribution in [3.63, 3.8) is 0 Å². The number of allylic oxidation sites excluding steroid dienone is 1. The smallest absolute Gasteiger partial charge is 0.304 e. The normalized spacial score (nSPS) is 15.4. The van der Waals surface area contributed by atoms with Crippen molar-refractivity contribution in [2.75, 3.05) is 24.6 Å². The van der Waals surface area contributed by atoms with E-state index in [2.05, 4.69) is 24.1 Å². The van der Waals surface area contributed by atoms with Gasteiger partial charge in [-0.3, -0.25) is 9.59 Å². The van der Waals surface area contributed by atoms with Crippen LogP contribution in [0.5, 0.6) is 5.75 Å². The summed E-state index contributed by atoms with van der Waals surface area (Å²) in [7, 11) is -3.05. The summed E-state index contributed by atoms with van der Waals surface area (Å²) in [5, 5.41) is 12.3. The molecule has 0 bridgehead atoms. The number of carboxylic acid groups (broad SMARTS) is 1. The molecule has 9 heteroatoms. The molecule has 41 heavy (non-hydrogen) atoms. The molecule has 212 valence electrons. The third kappa shape index (κ3) is 6.52. The number of thiophene rings is 1. The molecule has 0 radical (unpaired) electrons. The van der Waals surface area contributed by atoms with Crippen molar-refractivity contribution in [2.45, 2.75) is 25.9 Å². The Balaban J connectivity index is 1.30. The molecule has 1 unspecified atom stereocenters. The van der Waals surface area contributed by atoms with Crippen molar-refractivity contribution < 1.29 is 27.9 Å². The van der Waals surface area contributed by atoms with E-state index in [-0.39, 0.29) is 42.8 Å². The fourth-order valence-corrected chi connectivity index (χ4v) is 7.22. The van der Waals surface area contributed by atoms with E-state index in [4.69, 9.17) is 9.84 Å². The van der Waals surface area contributed by atoms with Crippen LogP contribution in [0, 0.1) is 6.92 Å². The molecule has 1 amide bonds. The van der Waals surface area contributed by atoms with Crippen LogP contribution in [0.4, 0.5) is 0 Å². The number of carboxylic acids is 1. The first-order valence-corrected chi connectivity index (χ1v) is 16.0. The minimum atomic E-state index is -3.05. The van der Waals surface area contributed by atoms with E-state index in [1.165, 1.54) is 0 Å². The first kappa shape index (κ1) is 28.6. The molecule has 5 rings (SSSR count). The lowest BCUT2D eigenvalue weighted by molar-refractivity contribution is -0.137. The molecule has 4 aromatic rings. The zero-order valence-electron chi connectivity index (χ0n) is 22.7. The molecule has 3 aromatic carbocycles. The second-order valence-electron chi connectivity index (χ2n) is 10.3. The van der Waals surface area contributed by atoms with Gasteiger partial charge in [-0.05, 0) is 71.0 Å². The van der Waals surface area contributed by atoms with E-state index >= 15 is 0 Å². The van der Waals surface area contributed by atoms with Gasteiger partial charge in [0.05, 0.1) is 17.9 Å². The first-order chi connectivity index (χ1) is 19.6. The van der Waals surface area contributed by atoms with Crippen LogP contribution in [0.2, 0.25) is 0 Å². The van der Waals surface area contributed by atoms with Gasteiger partial charge >= 0.3 is 5.97 Å². The summed E-state index contributed by atoms with van der Waals surface area (Å²) in [6, 6.07) is 19.4. The number of benzene rings is 3. The van der Waals surface area contributed by atoms with Gasteiger partial charge in [-0.2, -0.15) is 0 Å². The van der Waals surface area contributed by atoms with Crippen molar-refractivity contribution in [3.8, 4) is 16.9 Å². The predicted molar refractivity (Wildman–Crippen MR) is 163 cm³/mol. The van der Waals surface area contributed by atoms with E-state index in [1.54, 1.807) is 22.3 Å². The summed E-state index contributed by atoms with van der Waals surface area (Å²) in [5.74, 6) is -0.540. The largest absolute Gasteiger partial charge is 0.489 e. The van der Waals surface area contributed by atoms with Crippen molar-refractivity contribution in [3.05, 3.63) is 101 Å². The summed E-state index contributed by atoms with van der Waals surface area (Å²) >= 11 is 1.66. The maximum absolute atomic E-state index is 13.0. The molecule has 1 fully saturated rings. The second kappa shape index (κ2) is 11.9. The van der Waals surface area contributed by atoms with Crippen LogP contribution in [-0.2, 0) is 21.2 Å². The maximum atomic E-state index is 13.0. The Morgan fingerprint density at radius 3 is 2.44 bits per heavy atom. The molecule has 0 spiro atoms. The van der Waals surface area contributed by atoms with Gasteiger partial charge in [-0.25, -0.2) is 8.42 Å². The number of ether oxygens (including phenoxy) is 1. The lowest BCUT2D eigenvalue weighted by atomic mass is 9.96.